The Morgan fingerprint density at radius 2 is 1.93 bits per heavy atom. The van der Waals surface area contributed by atoms with Gasteiger partial charge in [0.2, 0.25) is 11.8 Å². The van der Waals surface area contributed by atoms with E-state index >= 15 is 0 Å². The van der Waals surface area contributed by atoms with Crippen LogP contribution in [0, 0.1) is 0 Å². The lowest BCUT2D eigenvalue weighted by Gasteiger charge is -2.43. The summed E-state index contributed by atoms with van der Waals surface area (Å²) in [5.41, 5.74) is 5.44. The van der Waals surface area contributed by atoms with Crippen LogP contribution in [0.2, 0.25) is 0 Å². The summed E-state index contributed by atoms with van der Waals surface area (Å²) in [7, 11) is 1.45. The molecule has 2 unspecified atom stereocenters. The minimum absolute atomic E-state index is 0.187. The summed E-state index contributed by atoms with van der Waals surface area (Å²) in [6.07, 6.45) is 0.729. The Balaban J connectivity index is 2.08. The van der Waals surface area contributed by atoms with E-state index in [2.05, 4.69) is 0 Å². The first-order valence-corrected chi connectivity index (χ1v) is 4.89. The van der Waals surface area contributed by atoms with Crippen molar-refractivity contribution in [1.29, 1.82) is 0 Å². The molecule has 6 heteroatoms. The number of hydrogen-bond acceptors (Lipinski definition) is 4. The maximum atomic E-state index is 11.7. The lowest BCUT2D eigenvalue weighted by atomic mass is 9.97. The fourth-order valence-electron chi connectivity index (χ4n) is 1.95. The van der Waals surface area contributed by atoms with Crippen LogP contribution in [-0.4, -0.2) is 53.2 Å². The van der Waals surface area contributed by atoms with Gasteiger partial charge in [0.05, 0.1) is 0 Å². The number of nitrogens with zero attached hydrogens (tertiary/aromatic N) is 2. The number of carbonyl (C=O) groups is 3. The maximum absolute atomic E-state index is 11.7. The summed E-state index contributed by atoms with van der Waals surface area (Å²) in [6, 6.07) is -0.958. The highest BCUT2D eigenvalue weighted by molar-refractivity contribution is 6.02. The van der Waals surface area contributed by atoms with E-state index < -0.39 is 12.1 Å². The summed E-state index contributed by atoms with van der Waals surface area (Å²) in [5, 5.41) is 0. The molecule has 2 saturated heterocycles. The van der Waals surface area contributed by atoms with Crippen molar-refractivity contribution in [2.45, 2.75) is 24.9 Å². The number of carbonyl (C=O) groups excluding carboxylic acids is 3. The van der Waals surface area contributed by atoms with Crippen molar-refractivity contribution in [3.05, 3.63) is 0 Å². The third-order valence-corrected chi connectivity index (χ3v) is 2.99. The first-order chi connectivity index (χ1) is 7.02. The summed E-state index contributed by atoms with van der Waals surface area (Å²) in [6.45, 7) is 0.414. The summed E-state index contributed by atoms with van der Waals surface area (Å²) in [5.74, 6) is -0.684. The van der Waals surface area contributed by atoms with Crippen LogP contribution in [-0.2, 0) is 14.4 Å². The predicted molar refractivity (Wildman–Crippen MR) is 50.5 cm³/mol. The molecule has 0 bridgehead atoms. The lowest BCUT2D eigenvalue weighted by Crippen LogP contribution is -2.68. The minimum Gasteiger partial charge on any atom is -0.327 e. The third kappa shape index (κ3) is 1.41. The Kier molecular flexibility index (Phi) is 2.22. The number of β-lactam (4-membered cyclic amide) rings is 1. The second kappa shape index (κ2) is 3.30. The number of hydrogen-bond donors (Lipinski definition) is 1. The highest BCUT2D eigenvalue weighted by Gasteiger charge is 2.44. The van der Waals surface area contributed by atoms with Gasteiger partial charge in [-0.3, -0.25) is 19.3 Å². The van der Waals surface area contributed by atoms with Gasteiger partial charge in [0.1, 0.15) is 12.1 Å². The molecule has 2 N–H and O–H groups in total. The maximum Gasteiger partial charge on any atom is 0.251 e. The zero-order chi connectivity index (χ0) is 11.2. The second-order valence-corrected chi connectivity index (χ2v) is 3.94. The molecular weight excluding hydrogens is 198 g/mol. The van der Waals surface area contributed by atoms with Crippen molar-refractivity contribution in [3.63, 3.8) is 0 Å². The summed E-state index contributed by atoms with van der Waals surface area (Å²) in [4.78, 5) is 36.8. The van der Waals surface area contributed by atoms with E-state index in [1.807, 2.05) is 0 Å². The quantitative estimate of drug-likeness (QED) is 0.414. The molecule has 2 fully saturated rings. The number of nitrogens with two attached hydrogens (primary N) is 1. The Morgan fingerprint density at radius 3 is 2.47 bits per heavy atom. The normalized spacial score (nSPS) is 32.0. The van der Waals surface area contributed by atoms with Gasteiger partial charge in [-0.25, -0.2) is 0 Å². The monoisotopic (exact) mass is 211 g/mol. The van der Waals surface area contributed by atoms with Gasteiger partial charge >= 0.3 is 0 Å². The van der Waals surface area contributed by atoms with Gasteiger partial charge in [0.15, 0.2) is 0 Å². The van der Waals surface area contributed by atoms with Crippen LogP contribution in [0.25, 0.3) is 0 Å². The van der Waals surface area contributed by atoms with Crippen molar-refractivity contribution in [3.8, 4) is 0 Å². The minimum atomic E-state index is -0.486. The molecule has 0 aromatic heterocycles. The fraction of sp³-hybridized carbons (Fsp3) is 0.667. The molecule has 0 aliphatic carbocycles. The van der Waals surface area contributed by atoms with Gasteiger partial charge in [-0.05, 0) is 6.42 Å². The van der Waals surface area contributed by atoms with Crippen molar-refractivity contribution in [2.24, 2.45) is 5.73 Å². The first-order valence-electron chi connectivity index (χ1n) is 4.89. The van der Waals surface area contributed by atoms with E-state index in [1.54, 1.807) is 0 Å². The van der Waals surface area contributed by atoms with Gasteiger partial charge in [0.25, 0.3) is 5.91 Å². The van der Waals surface area contributed by atoms with E-state index in [1.165, 1.54) is 11.9 Å². The van der Waals surface area contributed by atoms with E-state index in [-0.39, 0.29) is 17.7 Å². The molecule has 0 spiro atoms. The highest BCUT2D eigenvalue weighted by atomic mass is 16.2. The molecule has 82 valence electrons. The molecular formula is C9H13N3O3. The predicted octanol–water partition coefficient (Wildman–Crippen LogP) is -1.70. The Labute approximate surface area is 87.0 Å². The van der Waals surface area contributed by atoms with Crippen LogP contribution >= 0.6 is 0 Å². The van der Waals surface area contributed by atoms with E-state index in [0.29, 0.717) is 19.4 Å². The molecule has 0 aromatic carbocycles. The SMILES string of the molecule is CN1C(=O)CCC(N2CC(N)C2=O)C1=O. The molecule has 2 aliphatic rings. The largest absolute Gasteiger partial charge is 0.327 e. The zero-order valence-corrected chi connectivity index (χ0v) is 8.47. The number of likely N-dealkylation sites (N-methyl/N-ethyl adjacent to an activating group) is 1. The molecule has 2 rings (SSSR count). The number of amides is 3. The van der Waals surface area contributed by atoms with E-state index in [9.17, 15) is 14.4 Å². The second-order valence-electron chi connectivity index (χ2n) is 3.94. The highest BCUT2D eigenvalue weighted by Crippen LogP contribution is 2.22. The van der Waals surface area contributed by atoms with Crippen LogP contribution in [0.3, 0.4) is 0 Å². The molecule has 2 atom stereocenters. The third-order valence-electron chi connectivity index (χ3n) is 2.99. The zero-order valence-electron chi connectivity index (χ0n) is 8.47. The molecule has 2 heterocycles. The topological polar surface area (TPSA) is 83.7 Å². The fourth-order valence-corrected chi connectivity index (χ4v) is 1.95. The van der Waals surface area contributed by atoms with Crippen molar-refractivity contribution < 1.29 is 14.4 Å². The van der Waals surface area contributed by atoms with Crippen molar-refractivity contribution in [2.75, 3.05) is 13.6 Å². The van der Waals surface area contributed by atoms with Crippen LogP contribution in [0.4, 0.5) is 0 Å². The summed E-state index contributed by atoms with van der Waals surface area (Å²) >= 11 is 0. The Hall–Kier alpha value is -1.43. The van der Waals surface area contributed by atoms with E-state index in [4.69, 9.17) is 5.73 Å². The van der Waals surface area contributed by atoms with E-state index in [0.717, 1.165) is 4.90 Å². The van der Waals surface area contributed by atoms with Gasteiger partial charge in [0, 0.05) is 20.0 Å². The molecule has 6 nitrogen and oxygen atoms in total. The molecule has 3 amide bonds. The average molecular weight is 211 g/mol. The number of rotatable bonds is 1. The number of piperidine rings is 1. The molecule has 0 radical (unpaired) electrons. The van der Waals surface area contributed by atoms with Crippen molar-refractivity contribution >= 4 is 17.7 Å². The van der Waals surface area contributed by atoms with Gasteiger partial charge < -0.3 is 10.6 Å². The van der Waals surface area contributed by atoms with Crippen LogP contribution in [0.5, 0.6) is 0 Å². The van der Waals surface area contributed by atoms with Crippen LogP contribution in [0.15, 0.2) is 0 Å². The van der Waals surface area contributed by atoms with Crippen LogP contribution in [0.1, 0.15) is 12.8 Å². The molecule has 0 saturated carbocycles. The van der Waals surface area contributed by atoms with Gasteiger partial charge in [-0.2, -0.15) is 0 Å². The smallest absolute Gasteiger partial charge is 0.251 e. The van der Waals surface area contributed by atoms with Gasteiger partial charge in [-0.1, -0.05) is 0 Å². The lowest BCUT2D eigenvalue weighted by molar-refractivity contribution is -0.161. The Bertz CT molecular complexity index is 341. The summed E-state index contributed by atoms with van der Waals surface area (Å²) < 4.78 is 0. The van der Waals surface area contributed by atoms with Crippen molar-refractivity contribution in [1.82, 2.24) is 9.80 Å². The Morgan fingerprint density at radius 1 is 1.27 bits per heavy atom. The molecule has 2 aliphatic heterocycles. The van der Waals surface area contributed by atoms with Crippen LogP contribution < -0.4 is 5.73 Å². The number of likely N-dealkylation sites (tertiary alicyclic amines) is 2. The first kappa shape index (κ1) is 10.1. The standard InChI is InChI=1S/C9H13N3O3/c1-11-7(13)3-2-6(9(11)15)12-4-5(10)8(12)14/h5-6H,2-4,10H2,1H3. The average Bonchev–Trinajstić information content (AvgIpc) is 2.23. The molecule has 0 aromatic rings. The molecule has 15 heavy (non-hydrogen) atoms. The number of imide groups is 1. The van der Waals surface area contributed by atoms with Gasteiger partial charge in [-0.15, -0.1) is 0 Å².